The van der Waals surface area contributed by atoms with Crippen LogP contribution in [0.3, 0.4) is 0 Å². The summed E-state index contributed by atoms with van der Waals surface area (Å²) < 4.78 is 42.5. The van der Waals surface area contributed by atoms with Gasteiger partial charge in [-0.05, 0) is 61.3 Å². The number of ether oxygens (including phenoxy) is 1. The van der Waals surface area contributed by atoms with E-state index in [0.29, 0.717) is 47.3 Å². The fourth-order valence-corrected chi connectivity index (χ4v) is 8.26. The number of alkyl halides is 3. The Morgan fingerprint density at radius 2 is 1.78 bits per heavy atom. The molecule has 12 heteroatoms. The lowest BCUT2D eigenvalue weighted by Crippen LogP contribution is -2.69. The first-order chi connectivity index (χ1) is 19.6. The van der Waals surface area contributed by atoms with Crippen molar-refractivity contribution in [3.05, 3.63) is 41.6 Å². The smallest absolute Gasteiger partial charge is 0.405 e. The van der Waals surface area contributed by atoms with E-state index in [1.165, 1.54) is 37.2 Å². The monoisotopic (exact) mass is 572 g/mol. The summed E-state index contributed by atoms with van der Waals surface area (Å²) in [5.41, 5.74) is 0.354. The van der Waals surface area contributed by atoms with Crippen LogP contribution in [-0.4, -0.2) is 70.3 Å². The number of nitriles is 1. The number of hydrogen-bond acceptors (Lipinski definition) is 9. The fraction of sp³-hybridized carbons (Fsp3) is 0.621. The Hall–Kier alpha value is -3.14. The Balaban J connectivity index is 1.11. The molecule has 1 aromatic heterocycles. The van der Waals surface area contributed by atoms with Crippen LogP contribution in [-0.2, 0) is 6.54 Å². The number of para-hydroxylation sites is 1. The van der Waals surface area contributed by atoms with Gasteiger partial charge in [0.1, 0.15) is 23.2 Å². The molecule has 0 spiro atoms. The van der Waals surface area contributed by atoms with Crippen molar-refractivity contribution in [2.24, 2.45) is 28.6 Å². The molecule has 1 aromatic carbocycles. The number of anilines is 2. The highest BCUT2D eigenvalue weighted by atomic mass is 19.4. The molecule has 220 valence electrons. The topological polar surface area (TPSA) is 127 Å². The molecule has 0 radical (unpaired) electrons. The van der Waals surface area contributed by atoms with E-state index in [-0.39, 0.29) is 42.3 Å². The minimum atomic E-state index is -4.80. The zero-order valence-corrected chi connectivity index (χ0v) is 22.7. The number of nitrogens with zero attached hydrogens (tertiary/aromatic N) is 4. The van der Waals surface area contributed by atoms with Crippen molar-refractivity contribution in [2.45, 2.75) is 51.1 Å². The van der Waals surface area contributed by atoms with E-state index in [2.05, 4.69) is 36.3 Å². The average Bonchev–Trinajstić information content (AvgIpc) is 2.91. The van der Waals surface area contributed by atoms with Crippen molar-refractivity contribution in [3.8, 4) is 11.8 Å². The van der Waals surface area contributed by atoms with E-state index in [1.54, 1.807) is 6.07 Å². The zero-order valence-electron chi connectivity index (χ0n) is 22.7. The number of aromatic nitrogens is 2. The SMILES string of the molecule is N#Cc1cnc(NCc2ccccc2OC(F)(F)F)nc1NC[C@@]12CC3C[C@H](C1)[C@@H](N1CC(CO)(CO)C1)[C@@H](C3)C2. The highest BCUT2D eigenvalue weighted by Crippen LogP contribution is 2.62. The number of aliphatic hydroxyl groups is 2. The molecule has 5 aliphatic rings. The normalized spacial score (nSPS) is 30.0. The summed E-state index contributed by atoms with van der Waals surface area (Å²) in [4.78, 5) is 11.2. The maximum Gasteiger partial charge on any atom is 0.573 e. The molecule has 5 fully saturated rings. The predicted molar refractivity (Wildman–Crippen MR) is 144 cm³/mol. The number of hydrogen-bond donors (Lipinski definition) is 4. The second kappa shape index (κ2) is 10.6. The minimum absolute atomic E-state index is 0.0122. The van der Waals surface area contributed by atoms with Crippen molar-refractivity contribution in [1.29, 1.82) is 5.26 Å². The van der Waals surface area contributed by atoms with Crippen LogP contribution < -0.4 is 15.4 Å². The molecule has 5 atom stereocenters. The van der Waals surface area contributed by atoms with Gasteiger partial charge in [-0.25, -0.2) is 4.98 Å². The first-order valence-electron chi connectivity index (χ1n) is 14.2. The van der Waals surface area contributed by atoms with Crippen LogP contribution in [0.1, 0.15) is 43.2 Å². The van der Waals surface area contributed by atoms with Crippen LogP contribution >= 0.6 is 0 Å². The van der Waals surface area contributed by atoms with Gasteiger partial charge in [0.05, 0.1) is 19.4 Å². The molecule has 4 N–H and O–H groups in total. The summed E-state index contributed by atoms with van der Waals surface area (Å²) >= 11 is 0. The molecular weight excluding hydrogens is 537 g/mol. The second-order valence-corrected chi connectivity index (χ2v) is 12.6. The molecule has 1 saturated heterocycles. The number of benzene rings is 1. The highest BCUT2D eigenvalue weighted by Gasteiger charge is 2.59. The number of aliphatic hydroxyl groups excluding tert-OH is 2. The standard InChI is InChI=1S/C29H35F3N6O3/c30-29(31,32)41-23-4-2-1-3-19(23)11-34-26-35-12-22(10-33)25(37-26)36-13-27-7-18-5-20(8-27)24(21(6-18)9-27)38-14-28(15-38,16-39)17-40/h1-4,12,18,20-21,24,39-40H,5-9,11,13-17H2,(H2,34,35,36,37)/t18?,20-,21+,24-,27+. The first kappa shape index (κ1) is 28.0. The molecule has 9 nitrogen and oxygen atoms in total. The number of halogens is 3. The number of likely N-dealkylation sites (tertiary alicyclic amines) is 1. The van der Waals surface area contributed by atoms with Crippen LogP contribution in [0, 0.1) is 39.9 Å². The molecule has 41 heavy (non-hydrogen) atoms. The highest BCUT2D eigenvalue weighted by molar-refractivity contribution is 5.53. The van der Waals surface area contributed by atoms with Gasteiger partial charge in [-0.1, -0.05) is 18.2 Å². The summed E-state index contributed by atoms with van der Waals surface area (Å²) in [5.74, 6) is 2.16. The lowest BCUT2D eigenvalue weighted by molar-refractivity contribution is -0.274. The molecular formula is C29H35F3N6O3. The summed E-state index contributed by atoms with van der Waals surface area (Å²) in [6.07, 6.45) is 2.38. The van der Waals surface area contributed by atoms with Crippen LogP contribution in [0.15, 0.2) is 30.5 Å². The Labute approximate surface area is 236 Å². The third-order valence-corrected chi connectivity index (χ3v) is 9.69. The number of rotatable bonds is 10. The molecule has 4 aliphatic carbocycles. The van der Waals surface area contributed by atoms with Gasteiger partial charge in [-0.15, -0.1) is 13.2 Å². The summed E-state index contributed by atoms with van der Waals surface area (Å²) in [7, 11) is 0. The zero-order chi connectivity index (χ0) is 28.8. The Bertz CT molecular complexity index is 1290. The molecule has 1 aliphatic heterocycles. The Kier molecular flexibility index (Phi) is 7.24. The number of nitrogens with one attached hydrogen (secondary N) is 2. The lowest BCUT2D eigenvalue weighted by Gasteiger charge is -2.65. The van der Waals surface area contributed by atoms with Gasteiger partial charge < -0.3 is 25.6 Å². The van der Waals surface area contributed by atoms with Crippen molar-refractivity contribution >= 4 is 11.8 Å². The van der Waals surface area contributed by atoms with E-state index in [1.807, 2.05) is 0 Å². The largest absolute Gasteiger partial charge is 0.573 e. The third kappa shape index (κ3) is 5.55. The van der Waals surface area contributed by atoms with Gasteiger partial charge in [-0.2, -0.15) is 10.2 Å². The van der Waals surface area contributed by atoms with E-state index in [4.69, 9.17) is 0 Å². The van der Waals surface area contributed by atoms with Gasteiger partial charge in [0.2, 0.25) is 5.95 Å². The fourth-order valence-electron chi connectivity index (χ4n) is 8.26. The first-order valence-corrected chi connectivity index (χ1v) is 14.2. The maximum absolute atomic E-state index is 12.8. The summed E-state index contributed by atoms with van der Waals surface area (Å²) in [6, 6.07) is 8.52. The van der Waals surface area contributed by atoms with E-state index in [9.17, 15) is 28.6 Å². The van der Waals surface area contributed by atoms with Crippen LogP contribution in [0.4, 0.5) is 24.9 Å². The molecule has 1 unspecified atom stereocenters. The van der Waals surface area contributed by atoms with Crippen molar-refractivity contribution < 1.29 is 28.1 Å². The minimum Gasteiger partial charge on any atom is -0.405 e. The average molecular weight is 573 g/mol. The van der Waals surface area contributed by atoms with Crippen LogP contribution in [0.25, 0.3) is 0 Å². The molecule has 0 amide bonds. The third-order valence-electron chi connectivity index (χ3n) is 9.69. The summed E-state index contributed by atoms with van der Waals surface area (Å²) in [5, 5.41) is 35.6. The molecule has 2 heterocycles. The van der Waals surface area contributed by atoms with Gasteiger partial charge >= 0.3 is 6.36 Å². The van der Waals surface area contributed by atoms with E-state index in [0.717, 1.165) is 32.4 Å². The van der Waals surface area contributed by atoms with Gasteiger partial charge in [0.15, 0.2) is 0 Å². The Morgan fingerprint density at radius 1 is 1.07 bits per heavy atom. The molecule has 7 rings (SSSR count). The second-order valence-electron chi connectivity index (χ2n) is 12.6. The molecule has 4 saturated carbocycles. The molecule has 4 bridgehead atoms. The van der Waals surface area contributed by atoms with Gasteiger partial charge in [0.25, 0.3) is 0 Å². The Morgan fingerprint density at radius 3 is 2.44 bits per heavy atom. The summed E-state index contributed by atoms with van der Waals surface area (Å²) in [6.45, 7) is 2.24. The van der Waals surface area contributed by atoms with Crippen molar-refractivity contribution in [1.82, 2.24) is 14.9 Å². The maximum atomic E-state index is 12.8. The quantitative estimate of drug-likeness (QED) is 0.337. The molecule has 2 aromatic rings. The van der Waals surface area contributed by atoms with Crippen LogP contribution in [0.5, 0.6) is 5.75 Å². The van der Waals surface area contributed by atoms with Gasteiger partial charge in [-0.3, -0.25) is 4.90 Å². The predicted octanol–water partition coefficient (Wildman–Crippen LogP) is 3.75. The van der Waals surface area contributed by atoms with Gasteiger partial charge in [0, 0.05) is 43.2 Å². The van der Waals surface area contributed by atoms with Crippen molar-refractivity contribution in [2.75, 3.05) is 43.5 Å². The van der Waals surface area contributed by atoms with E-state index < -0.39 is 6.36 Å². The van der Waals surface area contributed by atoms with Crippen LogP contribution in [0.2, 0.25) is 0 Å². The lowest BCUT2D eigenvalue weighted by atomic mass is 9.47. The van der Waals surface area contributed by atoms with E-state index >= 15 is 0 Å². The van der Waals surface area contributed by atoms with Crippen molar-refractivity contribution in [3.63, 3.8) is 0 Å².